The zero-order valence-corrected chi connectivity index (χ0v) is 11.1. The van der Waals surface area contributed by atoms with Gasteiger partial charge in [-0.2, -0.15) is 0 Å². The van der Waals surface area contributed by atoms with Crippen LogP contribution >= 0.6 is 23.2 Å². The highest BCUT2D eigenvalue weighted by Crippen LogP contribution is 2.25. The van der Waals surface area contributed by atoms with E-state index in [0.717, 1.165) is 0 Å². The van der Waals surface area contributed by atoms with Gasteiger partial charge in [0.2, 0.25) is 0 Å². The lowest BCUT2D eigenvalue weighted by atomic mass is 10.1. The van der Waals surface area contributed by atoms with Crippen molar-refractivity contribution in [2.24, 2.45) is 0 Å². The van der Waals surface area contributed by atoms with Crippen LogP contribution in [0.2, 0.25) is 10.0 Å². The molecule has 0 aliphatic carbocycles. The van der Waals surface area contributed by atoms with E-state index in [4.69, 9.17) is 28.9 Å². The van der Waals surface area contributed by atoms with E-state index in [2.05, 4.69) is 9.97 Å². The molecule has 6 heteroatoms. The SMILES string of the molecule is Cc1c(N)nc(Cc2c(Cl)cccc2Cl)[nH]c1=O. The molecule has 0 saturated heterocycles. The first-order valence-electron chi connectivity index (χ1n) is 5.27. The molecular weight excluding hydrogens is 273 g/mol. The molecule has 1 aromatic heterocycles. The minimum absolute atomic E-state index is 0.219. The number of nitrogen functional groups attached to an aromatic ring is 1. The number of rotatable bonds is 2. The van der Waals surface area contributed by atoms with E-state index >= 15 is 0 Å². The summed E-state index contributed by atoms with van der Waals surface area (Å²) in [6, 6.07) is 5.23. The van der Waals surface area contributed by atoms with E-state index in [-0.39, 0.29) is 11.4 Å². The Morgan fingerprint density at radius 1 is 1.33 bits per heavy atom. The van der Waals surface area contributed by atoms with Gasteiger partial charge in [-0.1, -0.05) is 29.3 Å². The molecule has 0 bridgehead atoms. The van der Waals surface area contributed by atoms with Crippen LogP contribution in [0.25, 0.3) is 0 Å². The van der Waals surface area contributed by atoms with Crippen molar-refractivity contribution < 1.29 is 0 Å². The van der Waals surface area contributed by atoms with E-state index < -0.39 is 0 Å². The molecule has 0 spiro atoms. The lowest BCUT2D eigenvalue weighted by Gasteiger charge is -2.07. The fraction of sp³-hybridized carbons (Fsp3) is 0.167. The van der Waals surface area contributed by atoms with Gasteiger partial charge in [0.25, 0.3) is 5.56 Å². The van der Waals surface area contributed by atoms with Crippen LogP contribution in [-0.2, 0) is 6.42 Å². The molecule has 0 amide bonds. The molecule has 94 valence electrons. The Hall–Kier alpha value is -1.52. The van der Waals surface area contributed by atoms with Crippen LogP contribution in [0.3, 0.4) is 0 Å². The zero-order valence-electron chi connectivity index (χ0n) is 9.63. The standard InChI is InChI=1S/C12H11Cl2N3O/c1-6-11(15)16-10(17-12(6)18)5-7-8(13)3-2-4-9(7)14/h2-4H,5H2,1H3,(H3,15,16,17,18). The smallest absolute Gasteiger partial charge is 0.255 e. The van der Waals surface area contributed by atoms with Crippen LogP contribution in [0, 0.1) is 6.92 Å². The molecule has 0 fully saturated rings. The highest BCUT2D eigenvalue weighted by molar-refractivity contribution is 6.36. The van der Waals surface area contributed by atoms with Gasteiger partial charge in [0.05, 0.1) is 5.56 Å². The zero-order chi connectivity index (χ0) is 13.3. The second-order valence-corrected chi connectivity index (χ2v) is 4.71. The summed E-state index contributed by atoms with van der Waals surface area (Å²) < 4.78 is 0. The summed E-state index contributed by atoms with van der Waals surface area (Å²) in [5.74, 6) is 0.662. The number of hydrogen-bond acceptors (Lipinski definition) is 3. The molecule has 0 aliphatic heterocycles. The summed E-state index contributed by atoms with van der Waals surface area (Å²) in [7, 11) is 0. The van der Waals surface area contributed by atoms with Crippen molar-refractivity contribution in [2.75, 3.05) is 5.73 Å². The molecule has 18 heavy (non-hydrogen) atoms. The Morgan fingerprint density at radius 2 is 1.94 bits per heavy atom. The van der Waals surface area contributed by atoms with Crippen LogP contribution in [0.15, 0.2) is 23.0 Å². The molecule has 3 N–H and O–H groups in total. The van der Waals surface area contributed by atoms with Gasteiger partial charge in [-0.3, -0.25) is 4.79 Å². The van der Waals surface area contributed by atoms with Crippen LogP contribution in [-0.4, -0.2) is 9.97 Å². The number of benzene rings is 1. The first-order valence-corrected chi connectivity index (χ1v) is 6.03. The van der Waals surface area contributed by atoms with Crippen molar-refractivity contribution >= 4 is 29.0 Å². The summed E-state index contributed by atoms with van der Waals surface area (Å²) in [6.45, 7) is 1.62. The van der Waals surface area contributed by atoms with Crippen LogP contribution in [0.1, 0.15) is 17.0 Å². The minimum Gasteiger partial charge on any atom is -0.383 e. The van der Waals surface area contributed by atoms with E-state index in [1.807, 2.05) is 0 Å². The largest absolute Gasteiger partial charge is 0.383 e. The average Bonchev–Trinajstić information content (AvgIpc) is 2.31. The van der Waals surface area contributed by atoms with Gasteiger partial charge in [-0.25, -0.2) is 4.98 Å². The van der Waals surface area contributed by atoms with Crippen molar-refractivity contribution in [3.63, 3.8) is 0 Å². The average molecular weight is 284 g/mol. The molecule has 4 nitrogen and oxygen atoms in total. The number of nitrogens with zero attached hydrogens (tertiary/aromatic N) is 1. The Bertz CT molecular complexity index is 632. The van der Waals surface area contributed by atoms with Gasteiger partial charge in [0.15, 0.2) is 0 Å². The molecule has 1 aromatic carbocycles. The van der Waals surface area contributed by atoms with Crippen molar-refractivity contribution in [3.8, 4) is 0 Å². The molecule has 0 radical (unpaired) electrons. The number of halogens is 2. The van der Waals surface area contributed by atoms with Crippen molar-refractivity contribution in [1.29, 1.82) is 0 Å². The predicted molar refractivity (Wildman–Crippen MR) is 73.3 cm³/mol. The van der Waals surface area contributed by atoms with Crippen LogP contribution in [0.5, 0.6) is 0 Å². The lowest BCUT2D eigenvalue weighted by Crippen LogP contribution is -2.17. The Morgan fingerprint density at radius 3 is 2.50 bits per heavy atom. The topological polar surface area (TPSA) is 71.8 Å². The number of aromatic amines is 1. The molecule has 1 heterocycles. The van der Waals surface area contributed by atoms with E-state index in [9.17, 15) is 4.79 Å². The van der Waals surface area contributed by atoms with Gasteiger partial charge in [-0.05, 0) is 24.6 Å². The first-order chi connectivity index (χ1) is 8.49. The summed E-state index contributed by atoms with van der Waals surface area (Å²) >= 11 is 12.1. The van der Waals surface area contributed by atoms with Crippen molar-refractivity contribution in [2.45, 2.75) is 13.3 Å². The van der Waals surface area contributed by atoms with Gasteiger partial charge >= 0.3 is 0 Å². The first kappa shape index (κ1) is 12.9. The summed E-state index contributed by atoms with van der Waals surface area (Å²) in [4.78, 5) is 18.4. The monoisotopic (exact) mass is 283 g/mol. The fourth-order valence-corrected chi connectivity index (χ4v) is 2.08. The number of nitrogens with one attached hydrogen (secondary N) is 1. The van der Waals surface area contributed by atoms with Gasteiger partial charge in [-0.15, -0.1) is 0 Å². The van der Waals surface area contributed by atoms with Crippen molar-refractivity contribution in [1.82, 2.24) is 9.97 Å². The molecule has 2 rings (SSSR count). The molecular formula is C12H11Cl2N3O. The summed E-state index contributed by atoms with van der Waals surface area (Å²) in [6.07, 6.45) is 0.332. The Labute approximate surface area is 114 Å². The molecule has 0 saturated carbocycles. The Balaban J connectivity index is 2.44. The third-order valence-corrected chi connectivity index (χ3v) is 3.35. The predicted octanol–water partition coefficient (Wildman–Crippen LogP) is 2.56. The van der Waals surface area contributed by atoms with E-state index in [1.165, 1.54) is 0 Å². The maximum atomic E-state index is 11.6. The molecule has 0 atom stereocenters. The van der Waals surface area contributed by atoms with Gasteiger partial charge in [0.1, 0.15) is 11.6 Å². The highest BCUT2D eigenvalue weighted by Gasteiger charge is 2.10. The number of nitrogens with two attached hydrogens (primary N) is 1. The normalized spacial score (nSPS) is 10.6. The number of hydrogen-bond donors (Lipinski definition) is 2. The van der Waals surface area contributed by atoms with Crippen LogP contribution in [0.4, 0.5) is 5.82 Å². The lowest BCUT2D eigenvalue weighted by molar-refractivity contribution is 0.938. The molecule has 2 aromatic rings. The fourth-order valence-electron chi connectivity index (χ4n) is 1.55. The van der Waals surface area contributed by atoms with E-state index in [1.54, 1.807) is 25.1 Å². The number of anilines is 1. The highest BCUT2D eigenvalue weighted by atomic mass is 35.5. The maximum Gasteiger partial charge on any atom is 0.255 e. The Kier molecular flexibility index (Phi) is 3.59. The number of H-pyrrole nitrogens is 1. The summed E-state index contributed by atoms with van der Waals surface area (Å²) in [5, 5.41) is 1.06. The number of aromatic nitrogens is 2. The third kappa shape index (κ3) is 2.49. The van der Waals surface area contributed by atoms with Crippen LogP contribution < -0.4 is 11.3 Å². The molecule has 0 unspecified atom stereocenters. The van der Waals surface area contributed by atoms with Gasteiger partial charge < -0.3 is 10.7 Å². The van der Waals surface area contributed by atoms with Gasteiger partial charge in [0, 0.05) is 16.5 Å². The second-order valence-electron chi connectivity index (χ2n) is 3.90. The quantitative estimate of drug-likeness (QED) is 0.890. The van der Waals surface area contributed by atoms with Crippen molar-refractivity contribution in [3.05, 3.63) is 55.5 Å². The molecule has 0 aliphatic rings. The second kappa shape index (κ2) is 5.00. The summed E-state index contributed by atoms with van der Waals surface area (Å²) in [5.41, 5.74) is 6.53. The maximum absolute atomic E-state index is 11.6. The van der Waals surface area contributed by atoms with E-state index in [0.29, 0.717) is 33.4 Å². The minimum atomic E-state index is -0.249. The third-order valence-electron chi connectivity index (χ3n) is 2.64.